The Bertz CT molecular complexity index is 384. The third-order valence-electron chi connectivity index (χ3n) is 3.00. The van der Waals surface area contributed by atoms with Crippen molar-refractivity contribution in [3.63, 3.8) is 0 Å². The Morgan fingerprint density at radius 3 is 2.35 bits per heavy atom. The van der Waals surface area contributed by atoms with E-state index in [1.807, 2.05) is 19.2 Å². The molecule has 114 valence electrons. The molecule has 0 fully saturated rings. The lowest BCUT2D eigenvalue weighted by Gasteiger charge is -2.25. The molecule has 0 amide bonds. The number of methoxy groups -OCH3 is 1. The second-order valence-electron chi connectivity index (χ2n) is 6.33. The van der Waals surface area contributed by atoms with Gasteiger partial charge in [0.05, 0.1) is 13.2 Å². The lowest BCUT2D eigenvalue weighted by Crippen LogP contribution is -2.44. The Kier molecular flexibility index (Phi) is 6.46. The summed E-state index contributed by atoms with van der Waals surface area (Å²) in [5.74, 6) is 0.866. The Hall–Kier alpha value is -1.10. The van der Waals surface area contributed by atoms with Gasteiger partial charge in [-0.1, -0.05) is 12.1 Å². The van der Waals surface area contributed by atoms with Gasteiger partial charge in [0.2, 0.25) is 0 Å². The quantitative estimate of drug-likeness (QED) is 0.800. The molecule has 0 aliphatic rings. The standard InChI is InChI=1S/C16H28N2O2/c1-16(2,3)17-10-14(19)12-18(4)11-13-6-8-15(20-5)9-7-13/h6-9,14,17,19H,10-12H2,1-5H3. The molecule has 4 heteroatoms. The highest BCUT2D eigenvalue weighted by Crippen LogP contribution is 2.12. The van der Waals surface area contributed by atoms with E-state index in [2.05, 4.69) is 43.1 Å². The first-order valence-electron chi connectivity index (χ1n) is 7.05. The lowest BCUT2D eigenvalue weighted by atomic mass is 10.1. The van der Waals surface area contributed by atoms with Gasteiger partial charge in [-0.3, -0.25) is 4.90 Å². The van der Waals surface area contributed by atoms with Crippen LogP contribution < -0.4 is 10.1 Å². The van der Waals surface area contributed by atoms with Crippen LogP contribution in [0.3, 0.4) is 0 Å². The van der Waals surface area contributed by atoms with Crippen molar-refractivity contribution in [1.82, 2.24) is 10.2 Å². The van der Waals surface area contributed by atoms with Crippen LogP contribution >= 0.6 is 0 Å². The van der Waals surface area contributed by atoms with Gasteiger partial charge < -0.3 is 15.2 Å². The molecule has 0 saturated heterocycles. The van der Waals surface area contributed by atoms with Crippen molar-refractivity contribution in [2.45, 2.75) is 39.0 Å². The van der Waals surface area contributed by atoms with Gasteiger partial charge in [-0.25, -0.2) is 0 Å². The average Bonchev–Trinajstić information content (AvgIpc) is 2.36. The van der Waals surface area contributed by atoms with Gasteiger partial charge in [-0.05, 0) is 45.5 Å². The van der Waals surface area contributed by atoms with Crippen molar-refractivity contribution in [2.24, 2.45) is 0 Å². The molecule has 0 saturated carbocycles. The predicted molar refractivity (Wildman–Crippen MR) is 83.1 cm³/mol. The number of nitrogens with zero attached hydrogens (tertiary/aromatic N) is 1. The second-order valence-corrected chi connectivity index (χ2v) is 6.33. The molecule has 20 heavy (non-hydrogen) atoms. The average molecular weight is 280 g/mol. The monoisotopic (exact) mass is 280 g/mol. The minimum absolute atomic E-state index is 0.0372. The Balaban J connectivity index is 2.36. The van der Waals surface area contributed by atoms with Crippen LogP contribution in [0.4, 0.5) is 0 Å². The molecule has 1 aromatic rings. The van der Waals surface area contributed by atoms with Crippen LogP contribution in [0.2, 0.25) is 0 Å². The fraction of sp³-hybridized carbons (Fsp3) is 0.625. The van der Waals surface area contributed by atoms with Crippen molar-refractivity contribution in [1.29, 1.82) is 0 Å². The minimum Gasteiger partial charge on any atom is -0.497 e. The minimum atomic E-state index is -0.363. The summed E-state index contributed by atoms with van der Waals surface area (Å²) in [4.78, 5) is 2.12. The van der Waals surface area contributed by atoms with Gasteiger partial charge in [-0.2, -0.15) is 0 Å². The second kappa shape index (κ2) is 7.62. The van der Waals surface area contributed by atoms with E-state index in [1.165, 1.54) is 5.56 Å². The summed E-state index contributed by atoms with van der Waals surface area (Å²) in [5, 5.41) is 13.3. The first kappa shape index (κ1) is 17.0. The zero-order valence-electron chi connectivity index (χ0n) is 13.3. The highest BCUT2D eigenvalue weighted by atomic mass is 16.5. The Morgan fingerprint density at radius 1 is 1.25 bits per heavy atom. The van der Waals surface area contributed by atoms with Crippen LogP contribution in [0.15, 0.2) is 24.3 Å². The van der Waals surface area contributed by atoms with Crippen LogP contribution in [0.5, 0.6) is 5.75 Å². The van der Waals surface area contributed by atoms with E-state index in [0.29, 0.717) is 13.1 Å². The molecule has 0 aliphatic carbocycles. The van der Waals surface area contributed by atoms with Gasteiger partial charge in [0.15, 0.2) is 0 Å². The largest absolute Gasteiger partial charge is 0.497 e. The summed E-state index contributed by atoms with van der Waals surface area (Å²) in [6.45, 7) is 8.37. The van der Waals surface area contributed by atoms with Crippen molar-refractivity contribution in [3.8, 4) is 5.75 Å². The van der Waals surface area contributed by atoms with Gasteiger partial charge in [0, 0.05) is 25.2 Å². The van der Waals surface area contributed by atoms with E-state index < -0.39 is 0 Å². The molecular weight excluding hydrogens is 252 g/mol. The maximum atomic E-state index is 10.0. The number of benzene rings is 1. The van der Waals surface area contributed by atoms with Crippen LogP contribution in [-0.2, 0) is 6.54 Å². The number of aliphatic hydroxyl groups excluding tert-OH is 1. The summed E-state index contributed by atoms with van der Waals surface area (Å²) in [6, 6.07) is 8.02. The molecule has 0 aromatic heterocycles. The Labute approximate surface area is 122 Å². The van der Waals surface area contributed by atoms with Gasteiger partial charge in [0.25, 0.3) is 0 Å². The van der Waals surface area contributed by atoms with Gasteiger partial charge in [-0.15, -0.1) is 0 Å². The number of hydrogen-bond acceptors (Lipinski definition) is 4. The van der Waals surface area contributed by atoms with E-state index in [-0.39, 0.29) is 11.6 Å². The fourth-order valence-electron chi connectivity index (χ4n) is 1.96. The van der Waals surface area contributed by atoms with E-state index >= 15 is 0 Å². The van der Waals surface area contributed by atoms with Crippen LogP contribution in [0.25, 0.3) is 0 Å². The van der Waals surface area contributed by atoms with Gasteiger partial charge in [0.1, 0.15) is 5.75 Å². The van der Waals surface area contributed by atoms with Crippen molar-refractivity contribution in [2.75, 3.05) is 27.2 Å². The molecule has 1 unspecified atom stereocenters. The van der Waals surface area contributed by atoms with Crippen LogP contribution in [0.1, 0.15) is 26.3 Å². The van der Waals surface area contributed by atoms with Crippen LogP contribution in [-0.4, -0.2) is 48.9 Å². The van der Waals surface area contributed by atoms with Gasteiger partial charge >= 0.3 is 0 Å². The summed E-state index contributed by atoms with van der Waals surface area (Å²) in [5.41, 5.74) is 1.25. The van der Waals surface area contributed by atoms with E-state index in [9.17, 15) is 5.11 Å². The molecule has 1 rings (SSSR count). The topological polar surface area (TPSA) is 44.7 Å². The zero-order chi connectivity index (χ0) is 15.2. The number of β-amino-alcohol motifs (C(OH)–C–C–N with tert-alkyl or cyclic N) is 1. The summed E-state index contributed by atoms with van der Waals surface area (Å²) in [6.07, 6.45) is -0.363. The first-order chi connectivity index (χ1) is 9.30. The maximum Gasteiger partial charge on any atom is 0.118 e. The molecule has 4 nitrogen and oxygen atoms in total. The zero-order valence-corrected chi connectivity index (χ0v) is 13.3. The molecule has 0 bridgehead atoms. The molecular formula is C16H28N2O2. The molecule has 0 heterocycles. The lowest BCUT2D eigenvalue weighted by molar-refractivity contribution is 0.114. The van der Waals surface area contributed by atoms with E-state index in [4.69, 9.17) is 4.74 Å². The van der Waals surface area contributed by atoms with E-state index in [0.717, 1.165) is 12.3 Å². The molecule has 1 atom stereocenters. The van der Waals surface area contributed by atoms with Crippen LogP contribution in [0, 0.1) is 0 Å². The van der Waals surface area contributed by atoms with Crippen molar-refractivity contribution < 1.29 is 9.84 Å². The molecule has 0 radical (unpaired) electrons. The Morgan fingerprint density at radius 2 is 1.85 bits per heavy atom. The maximum absolute atomic E-state index is 10.0. The molecule has 0 aliphatic heterocycles. The number of hydrogen-bond donors (Lipinski definition) is 2. The number of ether oxygens (including phenoxy) is 1. The van der Waals surface area contributed by atoms with E-state index in [1.54, 1.807) is 7.11 Å². The summed E-state index contributed by atoms with van der Waals surface area (Å²) < 4.78 is 5.14. The molecule has 1 aromatic carbocycles. The highest BCUT2D eigenvalue weighted by molar-refractivity contribution is 5.27. The van der Waals surface area contributed by atoms with Crippen molar-refractivity contribution >= 4 is 0 Å². The number of aliphatic hydroxyl groups is 1. The fourth-order valence-corrected chi connectivity index (χ4v) is 1.96. The number of rotatable bonds is 7. The third kappa shape index (κ3) is 6.89. The SMILES string of the molecule is COc1ccc(CN(C)CC(O)CNC(C)(C)C)cc1. The third-order valence-corrected chi connectivity index (χ3v) is 3.00. The summed E-state index contributed by atoms with van der Waals surface area (Å²) >= 11 is 0. The highest BCUT2D eigenvalue weighted by Gasteiger charge is 2.13. The predicted octanol–water partition coefficient (Wildman–Crippen LogP) is 1.88. The van der Waals surface area contributed by atoms with Crippen molar-refractivity contribution in [3.05, 3.63) is 29.8 Å². The first-order valence-corrected chi connectivity index (χ1v) is 7.05. The summed E-state index contributed by atoms with van der Waals surface area (Å²) in [7, 11) is 3.68. The molecule has 0 spiro atoms. The normalized spacial score (nSPS) is 13.6. The number of likely N-dealkylation sites (N-methyl/N-ethyl adjacent to an activating group) is 1. The smallest absolute Gasteiger partial charge is 0.118 e. The molecule has 2 N–H and O–H groups in total. The number of nitrogens with one attached hydrogen (secondary N) is 1.